The number of furan rings is 1. The number of nitrogens with zero attached hydrogens (tertiary/aromatic N) is 1. The molecule has 0 saturated carbocycles. The molecule has 0 fully saturated rings. The largest absolute Gasteiger partial charge is 0.459 e. The summed E-state index contributed by atoms with van der Waals surface area (Å²) >= 11 is 0. The average Bonchev–Trinajstić information content (AvgIpc) is 3.23. The molecule has 2 heterocycles. The number of hydrogen-bond acceptors (Lipinski definition) is 3. The number of benzene rings is 1. The first-order chi connectivity index (χ1) is 11.6. The van der Waals surface area contributed by atoms with E-state index in [1.807, 2.05) is 38.1 Å². The lowest BCUT2D eigenvalue weighted by atomic mass is 10.2. The lowest BCUT2D eigenvalue weighted by Gasteiger charge is -2.10. The minimum absolute atomic E-state index is 0.129. The fraction of sp³-hybridized carbons (Fsp3) is 0.111. The summed E-state index contributed by atoms with van der Waals surface area (Å²) < 4.78 is 7.04. The second-order valence-electron chi connectivity index (χ2n) is 5.38. The van der Waals surface area contributed by atoms with E-state index < -0.39 is 11.8 Å². The standard InChI is InChI=1S/C18H17N3O3/c1-12-5-6-13(2)21(12)15-9-7-14(8-10-15)17(22)19-20-18(23)16-4-3-11-24-16/h3-11H,1-2H3,(H,19,22)(H,20,23). The highest BCUT2D eigenvalue weighted by Crippen LogP contribution is 2.16. The van der Waals surface area contributed by atoms with Crippen molar-refractivity contribution in [1.29, 1.82) is 0 Å². The third-order valence-corrected chi connectivity index (χ3v) is 3.69. The summed E-state index contributed by atoms with van der Waals surface area (Å²) in [6, 6.07) is 14.3. The molecule has 2 aromatic heterocycles. The summed E-state index contributed by atoms with van der Waals surface area (Å²) in [6.45, 7) is 4.05. The van der Waals surface area contributed by atoms with Gasteiger partial charge in [-0.05, 0) is 62.4 Å². The quantitative estimate of drug-likeness (QED) is 0.728. The molecule has 122 valence electrons. The van der Waals surface area contributed by atoms with E-state index in [1.54, 1.807) is 18.2 Å². The van der Waals surface area contributed by atoms with Crippen LogP contribution >= 0.6 is 0 Å². The maximum Gasteiger partial charge on any atom is 0.305 e. The van der Waals surface area contributed by atoms with Crippen molar-refractivity contribution in [2.45, 2.75) is 13.8 Å². The Morgan fingerprint density at radius 2 is 1.50 bits per heavy atom. The second-order valence-corrected chi connectivity index (χ2v) is 5.38. The molecule has 0 bridgehead atoms. The van der Waals surface area contributed by atoms with E-state index >= 15 is 0 Å². The molecule has 0 aliphatic heterocycles. The summed E-state index contributed by atoms with van der Waals surface area (Å²) in [4.78, 5) is 23.8. The predicted molar refractivity (Wildman–Crippen MR) is 88.9 cm³/mol. The van der Waals surface area contributed by atoms with Crippen molar-refractivity contribution in [2.24, 2.45) is 0 Å². The van der Waals surface area contributed by atoms with Gasteiger partial charge in [-0.25, -0.2) is 0 Å². The van der Waals surface area contributed by atoms with E-state index in [0.29, 0.717) is 5.56 Å². The molecule has 0 saturated heterocycles. The van der Waals surface area contributed by atoms with Gasteiger partial charge >= 0.3 is 5.91 Å². The number of aryl methyl sites for hydroxylation is 2. The molecule has 2 N–H and O–H groups in total. The van der Waals surface area contributed by atoms with Gasteiger partial charge in [0.1, 0.15) is 0 Å². The zero-order chi connectivity index (χ0) is 17.1. The second kappa shape index (κ2) is 6.45. The van der Waals surface area contributed by atoms with Crippen LogP contribution in [0.3, 0.4) is 0 Å². The van der Waals surface area contributed by atoms with E-state index in [9.17, 15) is 9.59 Å². The molecule has 24 heavy (non-hydrogen) atoms. The average molecular weight is 323 g/mol. The van der Waals surface area contributed by atoms with Crippen LogP contribution in [0.5, 0.6) is 0 Å². The molecular weight excluding hydrogens is 306 g/mol. The molecule has 0 spiro atoms. The van der Waals surface area contributed by atoms with Crippen molar-refractivity contribution in [1.82, 2.24) is 15.4 Å². The normalized spacial score (nSPS) is 10.4. The van der Waals surface area contributed by atoms with Crippen LogP contribution < -0.4 is 10.9 Å². The zero-order valence-corrected chi connectivity index (χ0v) is 13.4. The fourth-order valence-corrected chi connectivity index (χ4v) is 2.49. The lowest BCUT2D eigenvalue weighted by molar-refractivity contribution is 0.0831. The molecule has 0 atom stereocenters. The summed E-state index contributed by atoms with van der Waals surface area (Å²) in [5.74, 6) is -0.782. The number of rotatable bonds is 3. The molecule has 3 rings (SSSR count). The van der Waals surface area contributed by atoms with Crippen LogP contribution in [0.2, 0.25) is 0 Å². The van der Waals surface area contributed by atoms with Gasteiger partial charge in [0, 0.05) is 22.6 Å². The van der Waals surface area contributed by atoms with E-state index in [0.717, 1.165) is 17.1 Å². The monoisotopic (exact) mass is 323 g/mol. The Bertz CT molecular complexity index is 842. The molecule has 0 radical (unpaired) electrons. The van der Waals surface area contributed by atoms with Crippen molar-refractivity contribution in [3.05, 3.63) is 77.5 Å². The predicted octanol–water partition coefficient (Wildman–Crippen LogP) is 2.76. The van der Waals surface area contributed by atoms with Crippen LogP contribution in [0.15, 0.2) is 59.2 Å². The van der Waals surface area contributed by atoms with Gasteiger partial charge in [0.2, 0.25) is 0 Å². The lowest BCUT2D eigenvalue weighted by Crippen LogP contribution is -2.41. The summed E-state index contributed by atoms with van der Waals surface area (Å²) in [6.07, 6.45) is 1.39. The van der Waals surface area contributed by atoms with Crippen LogP contribution in [0.25, 0.3) is 5.69 Å². The Kier molecular flexibility index (Phi) is 4.20. The number of nitrogens with one attached hydrogen (secondary N) is 2. The number of carbonyl (C=O) groups excluding carboxylic acids is 2. The number of carbonyl (C=O) groups is 2. The van der Waals surface area contributed by atoms with Gasteiger partial charge in [-0.3, -0.25) is 20.4 Å². The van der Waals surface area contributed by atoms with Gasteiger partial charge in [-0.2, -0.15) is 0 Å². The van der Waals surface area contributed by atoms with Crippen molar-refractivity contribution in [3.8, 4) is 5.69 Å². The molecule has 6 nitrogen and oxygen atoms in total. The number of hydrogen-bond donors (Lipinski definition) is 2. The molecule has 1 aromatic carbocycles. The first-order valence-corrected chi connectivity index (χ1v) is 7.46. The minimum Gasteiger partial charge on any atom is -0.459 e. The Morgan fingerprint density at radius 1 is 0.875 bits per heavy atom. The van der Waals surface area contributed by atoms with Gasteiger partial charge in [-0.15, -0.1) is 0 Å². The van der Waals surface area contributed by atoms with Crippen LogP contribution in [0, 0.1) is 13.8 Å². The van der Waals surface area contributed by atoms with Crippen molar-refractivity contribution >= 4 is 11.8 Å². The van der Waals surface area contributed by atoms with E-state index in [1.165, 1.54) is 12.3 Å². The van der Waals surface area contributed by atoms with Crippen molar-refractivity contribution in [3.63, 3.8) is 0 Å². The zero-order valence-electron chi connectivity index (χ0n) is 13.4. The Morgan fingerprint density at radius 3 is 2.08 bits per heavy atom. The van der Waals surface area contributed by atoms with Crippen LogP contribution in [0.1, 0.15) is 32.3 Å². The molecule has 3 aromatic rings. The molecule has 2 amide bonds. The summed E-state index contributed by atoms with van der Waals surface area (Å²) in [5.41, 5.74) is 8.33. The maximum atomic E-state index is 12.1. The highest BCUT2D eigenvalue weighted by Gasteiger charge is 2.11. The van der Waals surface area contributed by atoms with Crippen LogP contribution in [0.4, 0.5) is 0 Å². The molecule has 0 aliphatic rings. The van der Waals surface area contributed by atoms with E-state index in [2.05, 4.69) is 15.4 Å². The molecular formula is C18H17N3O3. The van der Waals surface area contributed by atoms with Gasteiger partial charge in [-0.1, -0.05) is 0 Å². The third-order valence-electron chi connectivity index (χ3n) is 3.69. The first kappa shape index (κ1) is 15.6. The van der Waals surface area contributed by atoms with Crippen LogP contribution in [-0.2, 0) is 0 Å². The van der Waals surface area contributed by atoms with Crippen LogP contribution in [-0.4, -0.2) is 16.4 Å². The first-order valence-electron chi connectivity index (χ1n) is 7.46. The Labute approximate surface area is 139 Å². The number of aromatic nitrogens is 1. The SMILES string of the molecule is Cc1ccc(C)n1-c1ccc(C(=O)NNC(=O)c2ccco2)cc1. The Balaban J connectivity index is 1.67. The number of hydrazine groups is 1. The highest BCUT2D eigenvalue weighted by atomic mass is 16.3. The smallest absolute Gasteiger partial charge is 0.305 e. The molecule has 0 unspecified atom stereocenters. The third kappa shape index (κ3) is 3.08. The van der Waals surface area contributed by atoms with E-state index in [4.69, 9.17) is 4.42 Å². The van der Waals surface area contributed by atoms with Gasteiger partial charge in [0.15, 0.2) is 5.76 Å². The number of amides is 2. The van der Waals surface area contributed by atoms with Gasteiger partial charge in [0.05, 0.1) is 6.26 Å². The van der Waals surface area contributed by atoms with Gasteiger partial charge < -0.3 is 8.98 Å². The molecule has 6 heteroatoms. The summed E-state index contributed by atoms with van der Waals surface area (Å²) in [7, 11) is 0. The van der Waals surface area contributed by atoms with E-state index in [-0.39, 0.29) is 5.76 Å². The fourth-order valence-electron chi connectivity index (χ4n) is 2.49. The minimum atomic E-state index is -0.511. The topological polar surface area (TPSA) is 76.3 Å². The maximum absolute atomic E-state index is 12.1. The Hall–Kier alpha value is -3.28. The highest BCUT2D eigenvalue weighted by molar-refractivity contribution is 5.98. The van der Waals surface area contributed by atoms with Crippen molar-refractivity contribution in [2.75, 3.05) is 0 Å². The summed E-state index contributed by atoms with van der Waals surface area (Å²) in [5, 5.41) is 0. The van der Waals surface area contributed by atoms with Crippen molar-refractivity contribution < 1.29 is 14.0 Å². The molecule has 0 aliphatic carbocycles. The van der Waals surface area contributed by atoms with Gasteiger partial charge in [0.25, 0.3) is 5.91 Å².